The zero-order valence-electron chi connectivity index (χ0n) is 19.6. The lowest BCUT2D eigenvalue weighted by atomic mass is 9.98. The van der Waals surface area contributed by atoms with Crippen LogP contribution in [0.2, 0.25) is 5.02 Å². The third-order valence-electron chi connectivity index (χ3n) is 5.97. The zero-order chi connectivity index (χ0) is 25.5. The highest BCUT2D eigenvalue weighted by atomic mass is 35.5. The summed E-state index contributed by atoms with van der Waals surface area (Å²) in [6.45, 7) is 0.495. The second-order valence-electron chi connectivity index (χ2n) is 8.64. The van der Waals surface area contributed by atoms with E-state index in [1.807, 2.05) is 42.5 Å². The van der Waals surface area contributed by atoms with E-state index >= 15 is 0 Å². The fraction of sp³-hybridized carbons (Fsp3) is 0.207. The summed E-state index contributed by atoms with van der Waals surface area (Å²) in [5, 5.41) is 13.4. The van der Waals surface area contributed by atoms with Crippen molar-refractivity contribution in [1.82, 2.24) is 10.3 Å². The maximum Gasteiger partial charge on any atom is 0.303 e. The first-order valence-electron chi connectivity index (χ1n) is 11.8. The molecule has 7 heteroatoms. The van der Waals surface area contributed by atoms with Crippen molar-refractivity contribution in [1.29, 1.82) is 0 Å². The third kappa shape index (κ3) is 6.67. The summed E-state index contributed by atoms with van der Waals surface area (Å²) in [7, 11) is 0. The predicted molar refractivity (Wildman–Crippen MR) is 140 cm³/mol. The molecule has 36 heavy (non-hydrogen) atoms. The van der Waals surface area contributed by atoms with E-state index < -0.39 is 5.97 Å². The van der Waals surface area contributed by atoms with Gasteiger partial charge in [0.15, 0.2) is 0 Å². The fourth-order valence-electron chi connectivity index (χ4n) is 4.07. The van der Waals surface area contributed by atoms with Crippen LogP contribution in [0.25, 0.3) is 22.2 Å². The SMILES string of the molecule is O=C(O)CCCCc1cc2cc(C(=O)NCCc3ccc(Cl)cc3)ccc2nc1-c1ccc(F)cc1. The van der Waals surface area contributed by atoms with Crippen molar-refractivity contribution >= 4 is 34.4 Å². The van der Waals surface area contributed by atoms with Crippen LogP contribution in [0.4, 0.5) is 4.39 Å². The van der Waals surface area contributed by atoms with Gasteiger partial charge in [-0.1, -0.05) is 23.7 Å². The molecule has 0 radical (unpaired) electrons. The molecular weight excluding hydrogens is 479 g/mol. The maximum absolute atomic E-state index is 13.5. The summed E-state index contributed by atoms with van der Waals surface area (Å²) >= 11 is 5.92. The van der Waals surface area contributed by atoms with Crippen LogP contribution >= 0.6 is 11.6 Å². The first kappa shape index (κ1) is 25.3. The number of unbranched alkanes of at least 4 members (excludes halogenated alkanes) is 1. The Morgan fingerprint density at radius 2 is 1.67 bits per heavy atom. The molecule has 4 aromatic rings. The van der Waals surface area contributed by atoms with Gasteiger partial charge in [-0.15, -0.1) is 0 Å². The average molecular weight is 505 g/mol. The van der Waals surface area contributed by atoms with E-state index in [4.69, 9.17) is 21.7 Å². The largest absolute Gasteiger partial charge is 0.481 e. The second kappa shape index (κ2) is 11.8. The van der Waals surface area contributed by atoms with Gasteiger partial charge in [-0.2, -0.15) is 0 Å². The van der Waals surface area contributed by atoms with E-state index in [-0.39, 0.29) is 18.1 Å². The number of aryl methyl sites for hydroxylation is 1. The smallest absolute Gasteiger partial charge is 0.303 e. The molecule has 0 unspecified atom stereocenters. The molecule has 2 N–H and O–H groups in total. The Balaban J connectivity index is 1.54. The van der Waals surface area contributed by atoms with Crippen LogP contribution in [0.3, 0.4) is 0 Å². The summed E-state index contributed by atoms with van der Waals surface area (Å²) in [6, 6.07) is 21.1. The molecule has 4 rings (SSSR count). The highest BCUT2D eigenvalue weighted by molar-refractivity contribution is 6.30. The molecule has 0 spiro atoms. The lowest BCUT2D eigenvalue weighted by molar-refractivity contribution is -0.137. The van der Waals surface area contributed by atoms with Crippen molar-refractivity contribution < 1.29 is 19.1 Å². The second-order valence-corrected chi connectivity index (χ2v) is 9.08. The van der Waals surface area contributed by atoms with Gasteiger partial charge < -0.3 is 10.4 Å². The average Bonchev–Trinajstić information content (AvgIpc) is 2.87. The molecule has 184 valence electrons. The molecule has 3 aromatic carbocycles. The normalized spacial score (nSPS) is 10.9. The fourth-order valence-corrected chi connectivity index (χ4v) is 4.20. The molecule has 0 aliphatic rings. The Kier molecular flexibility index (Phi) is 8.28. The van der Waals surface area contributed by atoms with Crippen molar-refractivity contribution in [3.05, 3.63) is 100 Å². The van der Waals surface area contributed by atoms with E-state index in [0.717, 1.165) is 33.3 Å². The summed E-state index contributed by atoms with van der Waals surface area (Å²) in [5.41, 5.74) is 4.80. The van der Waals surface area contributed by atoms with Crippen molar-refractivity contribution in [2.45, 2.75) is 32.1 Å². The zero-order valence-corrected chi connectivity index (χ0v) is 20.4. The number of nitrogens with zero attached hydrogens (tertiary/aromatic N) is 1. The summed E-state index contributed by atoms with van der Waals surface area (Å²) < 4.78 is 13.5. The van der Waals surface area contributed by atoms with Crippen LogP contribution in [-0.4, -0.2) is 28.5 Å². The molecule has 0 fully saturated rings. The number of hydrogen-bond donors (Lipinski definition) is 2. The number of nitrogens with one attached hydrogen (secondary N) is 1. The van der Waals surface area contributed by atoms with Gasteiger partial charge in [-0.3, -0.25) is 9.59 Å². The topological polar surface area (TPSA) is 79.3 Å². The molecule has 1 amide bonds. The molecule has 0 saturated heterocycles. The number of carbonyl (C=O) groups is 2. The van der Waals surface area contributed by atoms with E-state index in [2.05, 4.69) is 5.32 Å². The lowest BCUT2D eigenvalue weighted by Gasteiger charge is -2.12. The van der Waals surface area contributed by atoms with Crippen molar-refractivity contribution in [2.75, 3.05) is 6.54 Å². The van der Waals surface area contributed by atoms with Crippen LogP contribution < -0.4 is 5.32 Å². The summed E-state index contributed by atoms with van der Waals surface area (Å²) in [4.78, 5) is 28.5. The number of carboxylic acid groups (broad SMARTS) is 1. The van der Waals surface area contributed by atoms with Crippen LogP contribution in [-0.2, 0) is 17.6 Å². The molecular formula is C29H26ClFN2O3. The number of carboxylic acids is 1. The molecule has 0 atom stereocenters. The summed E-state index contributed by atoms with van der Waals surface area (Å²) in [5.74, 6) is -1.32. The Labute approximate surface area is 214 Å². The maximum atomic E-state index is 13.5. The van der Waals surface area contributed by atoms with Gasteiger partial charge in [0, 0.05) is 34.5 Å². The van der Waals surface area contributed by atoms with Crippen LogP contribution in [0.5, 0.6) is 0 Å². The number of carbonyl (C=O) groups excluding carboxylic acids is 1. The number of hydrogen-bond acceptors (Lipinski definition) is 3. The molecule has 0 aliphatic heterocycles. The minimum Gasteiger partial charge on any atom is -0.481 e. The number of benzene rings is 3. The van der Waals surface area contributed by atoms with E-state index in [9.17, 15) is 14.0 Å². The predicted octanol–water partition coefficient (Wildman–Crippen LogP) is 6.46. The van der Waals surface area contributed by atoms with Gasteiger partial charge >= 0.3 is 5.97 Å². The van der Waals surface area contributed by atoms with E-state index in [1.54, 1.807) is 18.2 Å². The number of fused-ring (bicyclic) bond motifs is 1. The van der Waals surface area contributed by atoms with E-state index in [0.29, 0.717) is 42.8 Å². The van der Waals surface area contributed by atoms with Gasteiger partial charge in [-0.05, 0) is 97.5 Å². The Hall–Kier alpha value is -3.77. The Morgan fingerprint density at radius 3 is 2.39 bits per heavy atom. The number of amides is 1. The highest BCUT2D eigenvalue weighted by Gasteiger charge is 2.13. The monoisotopic (exact) mass is 504 g/mol. The Bertz CT molecular complexity index is 1370. The number of pyridine rings is 1. The first-order valence-corrected chi connectivity index (χ1v) is 12.2. The quantitative estimate of drug-likeness (QED) is 0.243. The minimum atomic E-state index is -0.822. The lowest BCUT2D eigenvalue weighted by Crippen LogP contribution is -2.25. The van der Waals surface area contributed by atoms with Crippen molar-refractivity contribution in [2.24, 2.45) is 0 Å². The standard InChI is InChI=1S/C29H26ClFN2O3/c30-24-10-5-19(6-11-24)15-16-32-29(36)22-9-14-26-23(18-22)17-21(3-1-2-4-27(34)35)28(33-26)20-7-12-25(31)13-8-20/h5-14,17-18H,1-4,15-16H2,(H,32,36)(H,34,35). The molecule has 1 heterocycles. The van der Waals surface area contributed by atoms with Crippen LogP contribution in [0, 0.1) is 5.82 Å². The van der Waals surface area contributed by atoms with Gasteiger partial charge in [0.05, 0.1) is 11.2 Å². The van der Waals surface area contributed by atoms with Gasteiger partial charge in [0.2, 0.25) is 0 Å². The number of rotatable bonds is 10. The first-order chi connectivity index (χ1) is 17.4. The molecule has 0 aliphatic carbocycles. The van der Waals surface area contributed by atoms with Crippen molar-refractivity contribution in [3.63, 3.8) is 0 Å². The van der Waals surface area contributed by atoms with Crippen molar-refractivity contribution in [3.8, 4) is 11.3 Å². The number of aromatic nitrogens is 1. The minimum absolute atomic E-state index is 0.104. The van der Waals surface area contributed by atoms with Gasteiger partial charge in [0.25, 0.3) is 5.91 Å². The molecule has 5 nitrogen and oxygen atoms in total. The van der Waals surface area contributed by atoms with Crippen LogP contribution in [0.15, 0.2) is 72.8 Å². The third-order valence-corrected chi connectivity index (χ3v) is 6.22. The highest BCUT2D eigenvalue weighted by Crippen LogP contribution is 2.28. The Morgan fingerprint density at radius 1 is 0.917 bits per heavy atom. The molecule has 0 saturated carbocycles. The summed E-state index contributed by atoms with van der Waals surface area (Å²) in [6.07, 6.45) is 2.65. The number of halogens is 2. The van der Waals surface area contributed by atoms with Crippen LogP contribution in [0.1, 0.15) is 40.7 Å². The van der Waals surface area contributed by atoms with E-state index in [1.165, 1.54) is 12.1 Å². The number of aliphatic carboxylic acids is 1. The molecule has 1 aromatic heterocycles. The molecule has 0 bridgehead atoms. The van der Waals surface area contributed by atoms with Gasteiger partial charge in [0.1, 0.15) is 5.82 Å². The van der Waals surface area contributed by atoms with Gasteiger partial charge in [-0.25, -0.2) is 9.37 Å².